The van der Waals surface area contributed by atoms with Gasteiger partial charge in [0.2, 0.25) is 5.91 Å². The molecule has 0 aliphatic carbocycles. The number of nitrogens with two attached hydrogens (primary N) is 1. The third-order valence-corrected chi connectivity index (χ3v) is 3.60. The summed E-state index contributed by atoms with van der Waals surface area (Å²) in [5.41, 5.74) is 6.34. The van der Waals surface area contributed by atoms with E-state index in [0.29, 0.717) is 29.8 Å². The van der Waals surface area contributed by atoms with Gasteiger partial charge in [-0.15, -0.1) is 12.4 Å². The van der Waals surface area contributed by atoms with Gasteiger partial charge in [0.15, 0.2) is 0 Å². The fourth-order valence-electron chi connectivity index (χ4n) is 2.31. The molecule has 1 atom stereocenters. The van der Waals surface area contributed by atoms with Crippen LogP contribution < -0.4 is 11.1 Å². The molecule has 106 valence electrons. The van der Waals surface area contributed by atoms with Crippen molar-refractivity contribution in [2.75, 3.05) is 25.0 Å². The molecule has 1 amide bonds. The first-order chi connectivity index (χ1) is 8.70. The quantitative estimate of drug-likeness (QED) is 0.896. The van der Waals surface area contributed by atoms with E-state index in [0.717, 1.165) is 19.4 Å². The average molecular weight is 304 g/mol. The topological polar surface area (TPSA) is 58.4 Å². The van der Waals surface area contributed by atoms with Gasteiger partial charge in [-0.2, -0.15) is 0 Å². The summed E-state index contributed by atoms with van der Waals surface area (Å²) in [4.78, 5) is 14.1. The molecule has 3 N–H and O–H groups in total. The molecule has 1 aromatic rings. The highest BCUT2D eigenvalue weighted by Gasteiger charge is 2.24. The number of amides is 1. The highest BCUT2D eigenvalue weighted by Crippen LogP contribution is 2.21. The highest BCUT2D eigenvalue weighted by molar-refractivity contribution is 6.33. The summed E-state index contributed by atoms with van der Waals surface area (Å²) in [5, 5.41) is 3.39. The zero-order valence-corrected chi connectivity index (χ0v) is 12.2. The van der Waals surface area contributed by atoms with Crippen LogP contribution in [-0.2, 0) is 4.79 Å². The number of anilines is 1. The van der Waals surface area contributed by atoms with Gasteiger partial charge in [-0.05, 0) is 31.5 Å². The monoisotopic (exact) mass is 303 g/mol. The molecule has 1 fully saturated rings. The van der Waals surface area contributed by atoms with Crippen LogP contribution in [0.1, 0.15) is 12.8 Å². The maximum Gasteiger partial charge on any atom is 0.238 e. The number of rotatable bonds is 4. The number of nitrogens with one attached hydrogen (secondary N) is 1. The maximum atomic E-state index is 11.9. The summed E-state index contributed by atoms with van der Waals surface area (Å²) >= 11 is 5.99. The molecular formula is C13H19Cl2N3O. The number of para-hydroxylation sites is 1. The Hall–Kier alpha value is -0.810. The summed E-state index contributed by atoms with van der Waals surface area (Å²) in [6.45, 7) is 1.93. The van der Waals surface area contributed by atoms with Crippen LogP contribution in [0.5, 0.6) is 0 Å². The first kappa shape index (κ1) is 16.2. The molecule has 1 aromatic carbocycles. The van der Waals surface area contributed by atoms with Crippen molar-refractivity contribution in [1.29, 1.82) is 0 Å². The van der Waals surface area contributed by atoms with E-state index in [9.17, 15) is 4.79 Å². The molecule has 1 unspecified atom stereocenters. The fraction of sp³-hybridized carbons (Fsp3) is 0.462. The Labute approximate surface area is 124 Å². The fourth-order valence-corrected chi connectivity index (χ4v) is 2.49. The number of carbonyl (C=O) groups excluding carboxylic acids is 1. The number of likely N-dealkylation sites (tertiary alicyclic amines) is 1. The Kier molecular flexibility index (Phi) is 6.58. The van der Waals surface area contributed by atoms with E-state index in [1.165, 1.54) is 0 Å². The van der Waals surface area contributed by atoms with E-state index in [1.54, 1.807) is 12.1 Å². The van der Waals surface area contributed by atoms with E-state index in [2.05, 4.69) is 10.2 Å². The highest BCUT2D eigenvalue weighted by atomic mass is 35.5. The van der Waals surface area contributed by atoms with Gasteiger partial charge >= 0.3 is 0 Å². The Morgan fingerprint density at radius 1 is 1.47 bits per heavy atom. The van der Waals surface area contributed by atoms with Gasteiger partial charge in [0, 0.05) is 12.6 Å². The zero-order chi connectivity index (χ0) is 13.0. The minimum absolute atomic E-state index is 0. The molecule has 1 heterocycles. The largest absolute Gasteiger partial charge is 0.329 e. The normalized spacial score (nSPS) is 18.9. The first-order valence-corrected chi connectivity index (χ1v) is 6.57. The van der Waals surface area contributed by atoms with Crippen molar-refractivity contribution in [3.05, 3.63) is 29.3 Å². The first-order valence-electron chi connectivity index (χ1n) is 6.19. The third kappa shape index (κ3) is 4.35. The summed E-state index contributed by atoms with van der Waals surface area (Å²) in [6, 6.07) is 7.57. The molecule has 0 radical (unpaired) electrons. The molecule has 0 spiro atoms. The van der Waals surface area contributed by atoms with Crippen LogP contribution in [0.3, 0.4) is 0 Å². The SMILES string of the molecule is Cl.NCC1CCCN1CC(=O)Nc1ccccc1Cl. The maximum absolute atomic E-state index is 11.9. The molecule has 0 aromatic heterocycles. The number of carbonyl (C=O) groups is 1. The molecule has 19 heavy (non-hydrogen) atoms. The van der Waals surface area contributed by atoms with Crippen molar-refractivity contribution < 1.29 is 4.79 Å². The van der Waals surface area contributed by atoms with E-state index in [4.69, 9.17) is 17.3 Å². The number of halogens is 2. The number of hydrogen-bond donors (Lipinski definition) is 2. The summed E-state index contributed by atoms with van der Waals surface area (Å²) in [5.74, 6) is -0.0385. The van der Waals surface area contributed by atoms with Crippen molar-refractivity contribution >= 4 is 35.6 Å². The van der Waals surface area contributed by atoms with Gasteiger partial charge in [-0.3, -0.25) is 9.69 Å². The van der Waals surface area contributed by atoms with Gasteiger partial charge in [0.25, 0.3) is 0 Å². The van der Waals surface area contributed by atoms with E-state index in [-0.39, 0.29) is 18.3 Å². The average Bonchev–Trinajstić information content (AvgIpc) is 2.79. The van der Waals surface area contributed by atoms with Crippen molar-refractivity contribution in [2.24, 2.45) is 5.73 Å². The Morgan fingerprint density at radius 3 is 2.89 bits per heavy atom. The van der Waals surface area contributed by atoms with Crippen LogP contribution in [0.2, 0.25) is 5.02 Å². The van der Waals surface area contributed by atoms with Crippen molar-refractivity contribution in [3.8, 4) is 0 Å². The smallest absolute Gasteiger partial charge is 0.238 e. The second kappa shape index (κ2) is 7.70. The lowest BCUT2D eigenvalue weighted by atomic mass is 10.2. The Morgan fingerprint density at radius 2 is 2.21 bits per heavy atom. The van der Waals surface area contributed by atoms with Gasteiger partial charge in [-0.25, -0.2) is 0 Å². The lowest BCUT2D eigenvalue weighted by Crippen LogP contribution is -2.40. The lowest BCUT2D eigenvalue weighted by molar-refractivity contribution is -0.117. The van der Waals surface area contributed by atoms with Gasteiger partial charge < -0.3 is 11.1 Å². The van der Waals surface area contributed by atoms with E-state index in [1.807, 2.05) is 12.1 Å². The predicted molar refractivity (Wildman–Crippen MR) is 81.0 cm³/mol. The molecule has 1 aliphatic heterocycles. The standard InChI is InChI=1S/C13H18ClN3O.ClH/c14-11-5-1-2-6-12(11)16-13(18)9-17-7-3-4-10(17)8-15;/h1-2,5-6,10H,3-4,7-9,15H2,(H,16,18);1H. The summed E-state index contributed by atoms with van der Waals surface area (Å²) in [7, 11) is 0. The Bertz CT molecular complexity index is 428. The Balaban J connectivity index is 0.00000180. The summed E-state index contributed by atoms with van der Waals surface area (Å²) < 4.78 is 0. The van der Waals surface area contributed by atoms with E-state index < -0.39 is 0 Å². The number of nitrogens with zero attached hydrogens (tertiary/aromatic N) is 1. The molecule has 6 heteroatoms. The minimum atomic E-state index is -0.0385. The zero-order valence-electron chi connectivity index (χ0n) is 10.6. The van der Waals surface area contributed by atoms with Crippen LogP contribution in [0.15, 0.2) is 24.3 Å². The van der Waals surface area contributed by atoms with Crippen molar-refractivity contribution in [1.82, 2.24) is 4.90 Å². The second-order valence-electron chi connectivity index (χ2n) is 4.53. The summed E-state index contributed by atoms with van der Waals surface area (Å²) in [6.07, 6.45) is 2.19. The molecule has 2 rings (SSSR count). The molecular weight excluding hydrogens is 285 g/mol. The third-order valence-electron chi connectivity index (χ3n) is 3.27. The molecule has 1 saturated heterocycles. The van der Waals surface area contributed by atoms with Crippen LogP contribution in [0, 0.1) is 0 Å². The predicted octanol–water partition coefficient (Wildman–Crippen LogP) is 2.12. The molecule has 4 nitrogen and oxygen atoms in total. The van der Waals surface area contributed by atoms with Gasteiger partial charge in [0.1, 0.15) is 0 Å². The van der Waals surface area contributed by atoms with E-state index >= 15 is 0 Å². The van der Waals surface area contributed by atoms with Gasteiger partial charge in [0.05, 0.1) is 17.3 Å². The number of benzene rings is 1. The van der Waals surface area contributed by atoms with Crippen LogP contribution in [0.4, 0.5) is 5.69 Å². The van der Waals surface area contributed by atoms with Crippen molar-refractivity contribution in [2.45, 2.75) is 18.9 Å². The minimum Gasteiger partial charge on any atom is -0.329 e. The second-order valence-corrected chi connectivity index (χ2v) is 4.94. The molecule has 0 saturated carbocycles. The molecule has 1 aliphatic rings. The molecule has 0 bridgehead atoms. The number of hydrogen-bond acceptors (Lipinski definition) is 3. The van der Waals surface area contributed by atoms with Gasteiger partial charge in [-0.1, -0.05) is 23.7 Å². The van der Waals surface area contributed by atoms with Crippen molar-refractivity contribution in [3.63, 3.8) is 0 Å². The van der Waals surface area contributed by atoms with Crippen LogP contribution in [0.25, 0.3) is 0 Å². The van der Waals surface area contributed by atoms with Crippen LogP contribution >= 0.6 is 24.0 Å². The lowest BCUT2D eigenvalue weighted by Gasteiger charge is -2.22. The van der Waals surface area contributed by atoms with Crippen LogP contribution in [-0.4, -0.2) is 36.5 Å².